The summed E-state index contributed by atoms with van der Waals surface area (Å²) in [7, 11) is 0. The fraction of sp³-hybridized carbons (Fsp3) is 0.414. The van der Waals surface area contributed by atoms with Crippen LogP contribution in [0, 0.1) is 12.7 Å². The van der Waals surface area contributed by atoms with Crippen LogP contribution < -0.4 is 10.5 Å². The van der Waals surface area contributed by atoms with Gasteiger partial charge in [0.05, 0.1) is 5.39 Å². The van der Waals surface area contributed by atoms with Crippen LogP contribution in [0.3, 0.4) is 0 Å². The Bertz CT molecular complexity index is 1710. The summed E-state index contributed by atoms with van der Waals surface area (Å²) in [4.78, 5) is 15.8. The van der Waals surface area contributed by atoms with Crippen molar-refractivity contribution in [2.24, 2.45) is 0 Å². The van der Waals surface area contributed by atoms with E-state index >= 15 is 0 Å². The number of aromatic hydroxyl groups is 1. The number of phenols is 1. The Hall–Kier alpha value is -3.76. The van der Waals surface area contributed by atoms with Gasteiger partial charge in [-0.05, 0) is 12.1 Å². The van der Waals surface area contributed by atoms with Crippen molar-refractivity contribution in [1.82, 2.24) is 39.2 Å². The monoisotopic (exact) mass is 635 g/mol. The van der Waals surface area contributed by atoms with Crippen LogP contribution in [0.5, 0.6) is 11.6 Å². The summed E-state index contributed by atoms with van der Waals surface area (Å²) in [5.41, 5.74) is 14.1. The van der Waals surface area contributed by atoms with Gasteiger partial charge in [0, 0.05) is 11.6 Å². The molecule has 42 heavy (non-hydrogen) atoms. The molecule has 5 aromatic rings. The van der Waals surface area contributed by atoms with E-state index in [-0.39, 0.29) is 18.1 Å². The molecule has 0 spiro atoms. The van der Waals surface area contributed by atoms with Gasteiger partial charge in [-0.25, -0.2) is 19.0 Å². The number of hydrogen-bond donors (Lipinski definition) is 2. The summed E-state index contributed by atoms with van der Waals surface area (Å²) in [6.45, 7) is 6.10. The van der Waals surface area contributed by atoms with Crippen LogP contribution in [0.1, 0.15) is 30.7 Å². The molecule has 220 valence electrons. The summed E-state index contributed by atoms with van der Waals surface area (Å²) in [5, 5.41) is 19.8. The van der Waals surface area contributed by atoms with Crippen molar-refractivity contribution >= 4 is 37.0 Å². The first-order valence-corrected chi connectivity index (χ1v) is 18.9. The third kappa shape index (κ3) is 5.78. The maximum absolute atomic E-state index is 14.1. The summed E-state index contributed by atoms with van der Waals surface area (Å²) < 4.78 is 24.8. The van der Waals surface area contributed by atoms with E-state index in [0.29, 0.717) is 40.6 Å². The molecule has 5 heterocycles. The third-order valence-electron chi connectivity index (χ3n) is 7.88. The molecule has 13 heteroatoms. The van der Waals surface area contributed by atoms with Crippen LogP contribution in [-0.4, -0.2) is 85.2 Å². The normalized spacial score (nSPS) is 14.9. The standard InChI is InChI=1S/C29H35AsFN9O2/c1-18-5-11-39-26(18)29(42-12-4-8-38-9-6-20(7-10-38)30(2)3)35-23(36-39)16-40-28-24(27(32)33-17-34-28)25(37-40)19-13-21(31)15-22(41)14-19/h5,11,13-15,17,20,41H,4,6-10,12,16H2,1-3H3,(H2,32,33,34). The molecule has 0 saturated carbocycles. The molecule has 0 atom stereocenters. The number of benzene rings is 1. The maximum atomic E-state index is 14.1. The number of hydrogen-bond acceptors (Lipinski definition) is 9. The Balaban J connectivity index is 1.24. The average molecular weight is 636 g/mol. The van der Waals surface area contributed by atoms with Gasteiger partial charge in [0.15, 0.2) is 5.65 Å². The van der Waals surface area contributed by atoms with Gasteiger partial charge in [-0.15, -0.1) is 0 Å². The molecule has 0 radical (unpaired) electrons. The molecule has 1 fully saturated rings. The number of rotatable bonds is 9. The fourth-order valence-electron chi connectivity index (χ4n) is 5.65. The molecule has 6 rings (SSSR count). The number of fused-ring (bicyclic) bond motifs is 2. The number of nitrogens with zero attached hydrogens (tertiary/aromatic N) is 8. The van der Waals surface area contributed by atoms with Crippen LogP contribution in [0.15, 0.2) is 36.8 Å². The molecule has 0 bridgehead atoms. The van der Waals surface area contributed by atoms with Gasteiger partial charge in [-0.3, -0.25) is 0 Å². The molecule has 4 aromatic heterocycles. The molecule has 1 aromatic carbocycles. The van der Waals surface area contributed by atoms with Gasteiger partial charge in [-0.2, -0.15) is 5.10 Å². The van der Waals surface area contributed by atoms with Crippen LogP contribution in [0.4, 0.5) is 10.2 Å². The number of aryl methyl sites for hydroxylation is 1. The number of piperidine rings is 1. The first-order chi connectivity index (χ1) is 20.3. The average Bonchev–Trinajstić information content (AvgIpc) is 3.52. The van der Waals surface area contributed by atoms with E-state index in [1.807, 2.05) is 19.2 Å². The second kappa shape index (κ2) is 11.9. The number of phenolic OH excluding ortho intramolecular Hbond substituents is 1. The SMILES string of the molecule is Cc1ccn2nc(Cn3nc(-c4cc(O)cc(F)c4)c4c(N)ncnc43)nc(OCCCN3CCC([As](C)C)CC3)c12. The predicted octanol–water partition coefficient (Wildman–Crippen LogP) is 4.31. The van der Waals surface area contributed by atoms with Crippen LogP contribution in [-0.2, 0) is 6.54 Å². The van der Waals surface area contributed by atoms with Crippen molar-refractivity contribution < 1.29 is 14.2 Å². The zero-order valence-corrected chi connectivity index (χ0v) is 25.9. The van der Waals surface area contributed by atoms with Crippen molar-refractivity contribution in [2.45, 2.75) is 48.9 Å². The number of ether oxygens (including phenoxy) is 1. The molecule has 1 aliphatic rings. The molecule has 11 nitrogen and oxygen atoms in total. The molecule has 0 amide bonds. The van der Waals surface area contributed by atoms with Crippen molar-refractivity contribution in [3.05, 3.63) is 54.0 Å². The minimum atomic E-state index is -0.621. The van der Waals surface area contributed by atoms with Gasteiger partial charge in [-0.1, -0.05) is 0 Å². The summed E-state index contributed by atoms with van der Waals surface area (Å²) in [5.74, 6) is 0.366. The Morgan fingerprint density at radius 3 is 2.71 bits per heavy atom. The molecule has 1 saturated heterocycles. The van der Waals surface area contributed by atoms with Crippen molar-refractivity contribution in [2.75, 3.05) is 32.0 Å². The fourth-order valence-corrected chi connectivity index (χ4v) is 8.31. The Morgan fingerprint density at radius 2 is 1.95 bits per heavy atom. The van der Waals surface area contributed by atoms with E-state index in [1.54, 1.807) is 9.20 Å². The van der Waals surface area contributed by atoms with Crippen LogP contribution in [0.25, 0.3) is 27.8 Å². The number of halogens is 1. The van der Waals surface area contributed by atoms with Gasteiger partial charge >= 0.3 is 149 Å². The zero-order valence-electron chi connectivity index (χ0n) is 24.0. The van der Waals surface area contributed by atoms with Gasteiger partial charge < -0.3 is 10.8 Å². The van der Waals surface area contributed by atoms with Gasteiger partial charge in [0.2, 0.25) is 0 Å². The van der Waals surface area contributed by atoms with Crippen molar-refractivity contribution in [1.29, 1.82) is 0 Å². The number of aromatic nitrogens is 7. The van der Waals surface area contributed by atoms with Gasteiger partial charge in [0.1, 0.15) is 29.4 Å². The number of nitrogen functional groups attached to an aromatic ring is 1. The molecular weight excluding hydrogens is 600 g/mol. The third-order valence-corrected chi connectivity index (χ3v) is 12.0. The van der Waals surface area contributed by atoms with E-state index in [2.05, 4.69) is 31.4 Å². The van der Waals surface area contributed by atoms with Gasteiger partial charge in [0.25, 0.3) is 0 Å². The Morgan fingerprint density at radius 1 is 1.14 bits per heavy atom. The quantitative estimate of drug-likeness (QED) is 0.180. The molecular formula is C29H35AsFN9O2. The summed E-state index contributed by atoms with van der Waals surface area (Å²) >= 11 is -0.621. The van der Waals surface area contributed by atoms with Crippen molar-refractivity contribution in [3.8, 4) is 22.9 Å². The minimum absolute atomic E-state index is 0.159. The molecule has 0 unspecified atom stereocenters. The Labute approximate surface area is 247 Å². The number of likely N-dealkylation sites (tertiary alicyclic amines) is 1. The van der Waals surface area contributed by atoms with E-state index in [4.69, 9.17) is 20.6 Å². The number of nitrogens with two attached hydrogens (primary N) is 1. The second-order valence-corrected chi connectivity index (χ2v) is 16.6. The molecule has 0 aliphatic carbocycles. The molecule has 3 N–H and O–H groups in total. The van der Waals surface area contributed by atoms with E-state index in [9.17, 15) is 9.50 Å². The summed E-state index contributed by atoms with van der Waals surface area (Å²) in [6, 6.07) is 5.72. The van der Waals surface area contributed by atoms with E-state index in [0.717, 1.165) is 34.8 Å². The zero-order chi connectivity index (χ0) is 29.4. The first kappa shape index (κ1) is 28.4. The van der Waals surface area contributed by atoms with Crippen LogP contribution in [0.2, 0.25) is 16.1 Å². The first-order valence-electron chi connectivity index (χ1n) is 14.1. The Kier molecular flexibility index (Phi) is 8.00. The molecule has 1 aliphatic heterocycles. The summed E-state index contributed by atoms with van der Waals surface area (Å²) in [6.07, 6.45) is 6.80. The number of anilines is 1. The van der Waals surface area contributed by atoms with Crippen molar-refractivity contribution in [3.63, 3.8) is 0 Å². The second-order valence-electron chi connectivity index (χ2n) is 11.0. The van der Waals surface area contributed by atoms with Crippen LogP contribution >= 0.6 is 0 Å². The van der Waals surface area contributed by atoms with E-state index < -0.39 is 20.5 Å². The topological polar surface area (TPSA) is 133 Å². The predicted molar refractivity (Wildman–Crippen MR) is 161 cm³/mol. The van der Waals surface area contributed by atoms with E-state index in [1.165, 1.54) is 44.4 Å².